The monoisotopic (exact) mass is 267 g/mol. The molecule has 0 aromatic heterocycles. The molecule has 0 amide bonds. The van der Waals surface area contributed by atoms with Crippen molar-refractivity contribution in [3.05, 3.63) is 5.73 Å². The van der Waals surface area contributed by atoms with Crippen LogP contribution in [0.25, 0.3) is 5.73 Å². The van der Waals surface area contributed by atoms with Gasteiger partial charge in [-0.15, -0.1) is 6.04 Å². The molecule has 0 aliphatic rings. The molecule has 43 valence electrons. The second-order valence-electron chi connectivity index (χ2n) is 1.51. The van der Waals surface area contributed by atoms with Crippen LogP contribution in [-0.2, 0) is 22.4 Å². The Bertz CT molecular complexity index is 27.3. The first-order chi connectivity index (χ1) is 2.81. The third-order valence-electron chi connectivity index (χ3n) is 0.986. The fourth-order valence-electron chi connectivity index (χ4n) is 0.289. The fourth-order valence-corrected chi connectivity index (χ4v) is 0.289. The molecule has 0 saturated carbocycles. The third kappa shape index (κ3) is 6.70. The first kappa shape index (κ1) is 10.6. The summed E-state index contributed by atoms with van der Waals surface area (Å²) in [6.07, 6.45) is 1.99. The second-order valence-corrected chi connectivity index (χ2v) is 1.51. The van der Waals surface area contributed by atoms with E-state index in [2.05, 4.69) is 0 Å². The molecular weight excluding hydrogens is 255 g/mol. The molecule has 0 aliphatic carbocycles. The van der Waals surface area contributed by atoms with Crippen molar-refractivity contribution in [2.24, 2.45) is 0 Å². The van der Waals surface area contributed by atoms with E-state index >= 15 is 0 Å². The largest absolute Gasteiger partial charge is 0.675 e. The average molecular weight is 267 g/mol. The summed E-state index contributed by atoms with van der Waals surface area (Å²) in [5.41, 5.74) is 7.07. The van der Waals surface area contributed by atoms with Crippen LogP contribution in [0.5, 0.6) is 0 Å². The zero-order chi connectivity index (χ0) is 4.99. The van der Waals surface area contributed by atoms with E-state index in [1.54, 1.807) is 0 Å². The van der Waals surface area contributed by atoms with E-state index < -0.39 is 0 Å². The van der Waals surface area contributed by atoms with Gasteiger partial charge in [0.1, 0.15) is 0 Å². The number of nitrogens with one attached hydrogen (secondary N) is 1. The minimum atomic E-state index is 0. The van der Waals surface area contributed by atoms with Crippen molar-refractivity contribution < 1.29 is 22.4 Å². The summed E-state index contributed by atoms with van der Waals surface area (Å²) in [6, 6.07) is 0.185. The molecule has 0 bridgehead atoms. The Kier molecular flexibility index (Phi) is 10.2. The molecular formula is C5H12NTa-. The van der Waals surface area contributed by atoms with Crippen LogP contribution in [-0.4, -0.2) is 6.04 Å². The van der Waals surface area contributed by atoms with Gasteiger partial charge in [0.15, 0.2) is 0 Å². The Morgan fingerprint density at radius 3 is 1.57 bits per heavy atom. The maximum atomic E-state index is 7.07. The van der Waals surface area contributed by atoms with Crippen LogP contribution in [0, 0.1) is 0 Å². The van der Waals surface area contributed by atoms with Crippen LogP contribution in [0.2, 0.25) is 0 Å². The van der Waals surface area contributed by atoms with Crippen molar-refractivity contribution in [1.29, 1.82) is 0 Å². The summed E-state index contributed by atoms with van der Waals surface area (Å²) in [5, 5.41) is 0. The van der Waals surface area contributed by atoms with E-state index in [-0.39, 0.29) is 28.4 Å². The van der Waals surface area contributed by atoms with Crippen molar-refractivity contribution in [2.75, 3.05) is 0 Å². The molecule has 0 aromatic rings. The fraction of sp³-hybridized carbons (Fsp3) is 1.00. The van der Waals surface area contributed by atoms with Gasteiger partial charge in [0.05, 0.1) is 0 Å². The number of rotatable bonds is 2. The summed E-state index contributed by atoms with van der Waals surface area (Å²) in [5.74, 6) is 0. The number of hydrogen-bond donors (Lipinski definition) is 0. The SMILES string of the molecule is CCC([NH-])CC.[Ta]. The zero-order valence-electron chi connectivity index (χ0n) is 4.94. The maximum Gasteiger partial charge on any atom is 0 e. The molecule has 1 nitrogen and oxygen atoms in total. The Labute approximate surface area is 61.2 Å². The van der Waals surface area contributed by atoms with Gasteiger partial charge in [-0.05, 0) is 0 Å². The topological polar surface area (TPSA) is 23.8 Å². The van der Waals surface area contributed by atoms with E-state index in [1.165, 1.54) is 0 Å². The van der Waals surface area contributed by atoms with Gasteiger partial charge in [-0.3, -0.25) is 0 Å². The molecule has 0 heterocycles. The van der Waals surface area contributed by atoms with E-state index in [0.717, 1.165) is 12.8 Å². The Hall–Kier alpha value is 0.700. The summed E-state index contributed by atoms with van der Waals surface area (Å²) >= 11 is 0. The van der Waals surface area contributed by atoms with Crippen molar-refractivity contribution in [1.82, 2.24) is 0 Å². The Balaban J connectivity index is 0. The van der Waals surface area contributed by atoms with Crippen molar-refractivity contribution >= 4 is 0 Å². The van der Waals surface area contributed by atoms with E-state index in [0.29, 0.717) is 0 Å². The van der Waals surface area contributed by atoms with E-state index in [9.17, 15) is 0 Å². The molecule has 1 radical (unpaired) electrons. The second kappa shape index (κ2) is 6.70. The van der Waals surface area contributed by atoms with Crippen LogP contribution in [0.15, 0.2) is 0 Å². The molecule has 1 N–H and O–H groups in total. The molecule has 0 saturated heterocycles. The van der Waals surface area contributed by atoms with Crippen LogP contribution in [0.1, 0.15) is 26.7 Å². The third-order valence-corrected chi connectivity index (χ3v) is 0.986. The minimum Gasteiger partial charge on any atom is -0.675 e. The molecule has 0 rings (SSSR count). The summed E-state index contributed by atoms with van der Waals surface area (Å²) in [6.45, 7) is 4.09. The molecule has 0 aliphatic heterocycles. The van der Waals surface area contributed by atoms with Crippen LogP contribution in [0.3, 0.4) is 0 Å². The predicted octanol–water partition coefficient (Wildman–Crippen LogP) is 2.22. The summed E-state index contributed by atoms with van der Waals surface area (Å²) in [7, 11) is 0. The predicted molar refractivity (Wildman–Crippen MR) is 28.7 cm³/mol. The van der Waals surface area contributed by atoms with Gasteiger partial charge in [0.2, 0.25) is 0 Å². The average Bonchev–Trinajstić information content (AvgIpc) is 1.65. The van der Waals surface area contributed by atoms with Crippen molar-refractivity contribution in [3.8, 4) is 0 Å². The summed E-state index contributed by atoms with van der Waals surface area (Å²) in [4.78, 5) is 0. The normalized spacial score (nSPS) is 8.57. The van der Waals surface area contributed by atoms with E-state index in [1.807, 2.05) is 13.8 Å². The van der Waals surface area contributed by atoms with Crippen molar-refractivity contribution in [2.45, 2.75) is 32.7 Å². The van der Waals surface area contributed by atoms with Gasteiger partial charge in [-0.1, -0.05) is 26.7 Å². The van der Waals surface area contributed by atoms with Gasteiger partial charge >= 0.3 is 0 Å². The molecule has 2 heteroatoms. The molecule has 0 atom stereocenters. The molecule has 7 heavy (non-hydrogen) atoms. The Morgan fingerprint density at radius 1 is 1.29 bits per heavy atom. The summed E-state index contributed by atoms with van der Waals surface area (Å²) < 4.78 is 0. The molecule has 0 spiro atoms. The van der Waals surface area contributed by atoms with Gasteiger partial charge in [0.25, 0.3) is 0 Å². The first-order valence-corrected chi connectivity index (χ1v) is 2.52. The maximum absolute atomic E-state index is 7.07. The van der Waals surface area contributed by atoms with Gasteiger partial charge in [-0.2, -0.15) is 0 Å². The first-order valence-electron chi connectivity index (χ1n) is 2.52. The number of hydrogen-bond acceptors (Lipinski definition) is 0. The quantitative estimate of drug-likeness (QED) is 0.732. The van der Waals surface area contributed by atoms with Crippen LogP contribution < -0.4 is 0 Å². The van der Waals surface area contributed by atoms with Gasteiger partial charge in [-0.25, -0.2) is 0 Å². The molecule has 0 unspecified atom stereocenters. The molecule has 0 aromatic carbocycles. The van der Waals surface area contributed by atoms with Crippen LogP contribution in [0.4, 0.5) is 0 Å². The van der Waals surface area contributed by atoms with E-state index in [4.69, 9.17) is 5.73 Å². The standard InChI is InChI=1S/C5H12N.Ta/c1-3-5(6)4-2;/h5-6H,3-4H2,1-2H3;/q-1;. The molecule has 0 fully saturated rings. The zero-order valence-corrected chi connectivity index (χ0v) is 8.15. The van der Waals surface area contributed by atoms with Gasteiger partial charge in [0, 0.05) is 22.4 Å². The van der Waals surface area contributed by atoms with Crippen molar-refractivity contribution in [3.63, 3.8) is 0 Å². The Morgan fingerprint density at radius 2 is 1.57 bits per heavy atom. The minimum absolute atomic E-state index is 0. The van der Waals surface area contributed by atoms with Gasteiger partial charge < -0.3 is 5.73 Å². The smallest absolute Gasteiger partial charge is 0 e. The van der Waals surface area contributed by atoms with Crippen LogP contribution >= 0.6 is 0 Å².